The molecule has 4 atom stereocenters. The Morgan fingerprint density at radius 1 is 1.38 bits per heavy atom. The van der Waals surface area contributed by atoms with Gasteiger partial charge in [0.25, 0.3) is 0 Å². The van der Waals surface area contributed by atoms with Crippen molar-refractivity contribution in [2.24, 2.45) is 11.8 Å². The van der Waals surface area contributed by atoms with E-state index < -0.39 is 29.5 Å². The second kappa shape index (κ2) is 5.26. The number of rotatable bonds is 3. The van der Waals surface area contributed by atoms with Gasteiger partial charge in [0, 0.05) is 11.4 Å². The number of halogens is 1. The molecule has 0 saturated carbocycles. The zero-order chi connectivity index (χ0) is 17.1. The lowest BCUT2D eigenvalue weighted by Crippen LogP contribution is -2.44. The van der Waals surface area contributed by atoms with Gasteiger partial charge in [-0.1, -0.05) is 28.1 Å². The first kappa shape index (κ1) is 15.5. The number of carbonyl (C=O) groups excluding carboxylic acids is 3. The second-order valence-corrected chi connectivity index (χ2v) is 7.09. The normalized spacial score (nSPS) is 33.2. The van der Waals surface area contributed by atoms with Crippen LogP contribution in [0.15, 0.2) is 40.9 Å². The van der Waals surface area contributed by atoms with Crippen molar-refractivity contribution in [3.8, 4) is 0 Å². The molecule has 3 aliphatic heterocycles. The third-order valence-electron chi connectivity index (χ3n) is 4.72. The summed E-state index contributed by atoms with van der Waals surface area (Å²) in [6.45, 7) is 1.23. The maximum absolute atomic E-state index is 13.0. The van der Waals surface area contributed by atoms with Crippen LogP contribution in [0.3, 0.4) is 0 Å². The number of amides is 2. The summed E-state index contributed by atoms with van der Waals surface area (Å²) >= 11 is 3.35. The molecule has 7 heteroatoms. The Morgan fingerprint density at radius 2 is 2.17 bits per heavy atom. The molecule has 0 radical (unpaired) electrons. The van der Waals surface area contributed by atoms with E-state index in [1.54, 1.807) is 30.4 Å². The molecule has 4 rings (SSSR count). The van der Waals surface area contributed by atoms with Crippen molar-refractivity contribution in [1.29, 1.82) is 0 Å². The summed E-state index contributed by atoms with van der Waals surface area (Å²) in [4.78, 5) is 38.2. The number of hydrogen-bond acceptors (Lipinski definition) is 5. The van der Waals surface area contributed by atoms with Crippen LogP contribution in [-0.4, -0.2) is 36.1 Å². The summed E-state index contributed by atoms with van der Waals surface area (Å²) in [5.41, 5.74) is -0.523. The van der Waals surface area contributed by atoms with Crippen LogP contribution in [0.1, 0.15) is 6.92 Å². The van der Waals surface area contributed by atoms with Crippen LogP contribution in [0.4, 0.5) is 5.69 Å². The van der Waals surface area contributed by atoms with Crippen LogP contribution >= 0.6 is 15.9 Å². The van der Waals surface area contributed by atoms with Gasteiger partial charge in [-0.25, -0.2) is 4.90 Å². The SMILES string of the molecule is CC(=O)OC[C@@]12C=C[C@@H](O1)[C@H]1C(=O)N(c3cccc(Br)c3)C(=O)[C@H]12. The molecule has 24 heavy (non-hydrogen) atoms. The Balaban J connectivity index is 1.70. The van der Waals surface area contributed by atoms with Crippen LogP contribution < -0.4 is 4.90 Å². The first-order valence-corrected chi connectivity index (χ1v) is 8.36. The maximum Gasteiger partial charge on any atom is 0.302 e. The van der Waals surface area contributed by atoms with Crippen molar-refractivity contribution in [1.82, 2.24) is 0 Å². The van der Waals surface area contributed by atoms with E-state index in [1.165, 1.54) is 11.8 Å². The minimum absolute atomic E-state index is 0.0676. The topological polar surface area (TPSA) is 72.9 Å². The third-order valence-corrected chi connectivity index (χ3v) is 5.22. The van der Waals surface area contributed by atoms with E-state index in [1.807, 2.05) is 6.07 Å². The lowest BCUT2D eigenvalue weighted by atomic mass is 9.77. The van der Waals surface area contributed by atoms with Crippen LogP contribution in [-0.2, 0) is 23.9 Å². The van der Waals surface area contributed by atoms with Gasteiger partial charge >= 0.3 is 5.97 Å². The molecular formula is C17H14BrNO5. The van der Waals surface area contributed by atoms with Gasteiger partial charge in [-0.3, -0.25) is 14.4 Å². The zero-order valence-corrected chi connectivity index (χ0v) is 14.4. The predicted molar refractivity (Wildman–Crippen MR) is 87.0 cm³/mol. The minimum atomic E-state index is -1.05. The number of anilines is 1. The van der Waals surface area contributed by atoms with Crippen LogP contribution in [0, 0.1) is 11.8 Å². The highest BCUT2D eigenvalue weighted by atomic mass is 79.9. The summed E-state index contributed by atoms with van der Waals surface area (Å²) in [5.74, 6) is -2.28. The largest absolute Gasteiger partial charge is 0.462 e. The van der Waals surface area contributed by atoms with Gasteiger partial charge in [-0.15, -0.1) is 0 Å². The van der Waals surface area contributed by atoms with E-state index in [-0.39, 0.29) is 18.4 Å². The fraction of sp³-hybridized carbons (Fsp3) is 0.353. The maximum atomic E-state index is 13.0. The van der Waals surface area contributed by atoms with Gasteiger partial charge in [-0.05, 0) is 24.3 Å². The Bertz CT molecular complexity index is 791. The quantitative estimate of drug-likeness (QED) is 0.446. The van der Waals surface area contributed by atoms with Crippen molar-refractivity contribution in [3.63, 3.8) is 0 Å². The number of imide groups is 1. The summed E-state index contributed by atoms with van der Waals surface area (Å²) < 4.78 is 11.7. The Morgan fingerprint density at radius 3 is 2.88 bits per heavy atom. The van der Waals surface area contributed by atoms with E-state index in [4.69, 9.17) is 9.47 Å². The van der Waals surface area contributed by atoms with E-state index in [0.29, 0.717) is 5.69 Å². The highest BCUT2D eigenvalue weighted by Crippen LogP contribution is 2.52. The van der Waals surface area contributed by atoms with Crippen molar-refractivity contribution < 1.29 is 23.9 Å². The fourth-order valence-corrected chi connectivity index (χ4v) is 4.14. The number of fused-ring (bicyclic) bond motifs is 5. The molecule has 2 bridgehead atoms. The third kappa shape index (κ3) is 2.08. The molecule has 0 aromatic heterocycles. The van der Waals surface area contributed by atoms with Gasteiger partial charge < -0.3 is 9.47 Å². The molecule has 6 nitrogen and oxygen atoms in total. The van der Waals surface area contributed by atoms with Gasteiger partial charge in [0.15, 0.2) is 0 Å². The number of carbonyl (C=O) groups is 3. The molecular weight excluding hydrogens is 378 g/mol. The summed E-state index contributed by atoms with van der Waals surface area (Å²) in [7, 11) is 0. The fourth-order valence-electron chi connectivity index (χ4n) is 3.75. The molecule has 0 aliphatic carbocycles. The van der Waals surface area contributed by atoms with Crippen LogP contribution in [0.2, 0.25) is 0 Å². The number of hydrogen-bond donors (Lipinski definition) is 0. The van der Waals surface area contributed by atoms with Gasteiger partial charge in [0.1, 0.15) is 12.2 Å². The van der Waals surface area contributed by atoms with Gasteiger partial charge in [0.05, 0.1) is 23.6 Å². The molecule has 124 valence electrons. The van der Waals surface area contributed by atoms with E-state index in [0.717, 1.165) is 4.47 Å². The molecule has 3 aliphatic rings. The standard InChI is InChI=1S/C17H14BrNO5/c1-9(20)23-8-17-6-5-12(24-17)13-14(17)16(22)19(15(13)21)11-4-2-3-10(18)7-11/h2-7,12-14H,8H2,1H3/t12-,13-,14+,17-/m1/s1. The van der Waals surface area contributed by atoms with Crippen molar-refractivity contribution in [2.75, 3.05) is 11.5 Å². The Hall–Kier alpha value is -1.99. The molecule has 1 aromatic rings. The van der Waals surface area contributed by atoms with Gasteiger partial charge in [-0.2, -0.15) is 0 Å². The van der Waals surface area contributed by atoms with E-state index >= 15 is 0 Å². The molecule has 2 fully saturated rings. The molecule has 1 aromatic carbocycles. The van der Waals surface area contributed by atoms with Crippen molar-refractivity contribution in [2.45, 2.75) is 18.6 Å². The minimum Gasteiger partial charge on any atom is -0.462 e. The summed E-state index contributed by atoms with van der Waals surface area (Å²) in [6, 6.07) is 7.04. The highest BCUT2D eigenvalue weighted by molar-refractivity contribution is 9.10. The zero-order valence-electron chi connectivity index (χ0n) is 12.8. The average Bonchev–Trinajstić information content (AvgIpc) is 3.16. The molecule has 0 unspecified atom stereocenters. The van der Waals surface area contributed by atoms with E-state index in [9.17, 15) is 14.4 Å². The first-order valence-electron chi connectivity index (χ1n) is 7.57. The lowest BCUT2D eigenvalue weighted by molar-refractivity contribution is -0.150. The van der Waals surface area contributed by atoms with Crippen LogP contribution in [0.5, 0.6) is 0 Å². The molecule has 2 amide bonds. The predicted octanol–water partition coefficient (Wildman–Crippen LogP) is 1.83. The molecule has 0 spiro atoms. The lowest BCUT2D eigenvalue weighted by Gasteiger charge is -2.28. The molecule has 2 saturated heterocycles. The number of nitrogens with zero attached hydrogens (tertiary/aromatic N) is 1. The first-order chi connectivity index (χ1) is 11.4. The summed E-state index contributed by atoms with van der Waals surface area (Å²) in [6.07, 6.45) is 3.07. The average molecular weight is 392 g/mol. The smallest absolute Gasteiger partial charge is 0.302 e. The Labute approximate surface area is 146 Å². The van der Waals surface area contributed by atoms with Crippen molar-refractivity contribution >= 4 is 39.4 Å². The van der Waals surface area contributed by atoms with Gasteiger partial charge in [0.2, 0.25) is 11.8 Å². The second-order valence-electron chi connectivity index (χ2n) is 6.17. The highest BCUT2D eigenvalue weighted by Gasteiger charge is 2.68. The monoisotopic (exact) mass is 391 g/mol. The number of benzene rings is 1. The molecule has 0 N–H and O–H groups in total. The number of esters is 1. The van der Waals surface area contributed by atoms with Crippen LogP contribution in [0.25, 0.3) is 0 Å². The number of ether oxygens (including phenoxy) is 2. The molecule has 3 heterocycles. The summed E-state index contributed by atoms with van der Waals surface area (Å²) in [5, 5.41) is 0. The van der Waals surface area contributed by atoms with Crippen molar-refractivity contribution in [3.05, 3.63) is 40.9 Å². The van der Waals surface area contributed by atoms with E-state index in [2.05, 4.69) is 15.9 Å². The Kier molecular flexibility index (Phi) is 3.40.